The lowest BCUT2D eigenvalue weighted by molar-refractivity contribution is -0.133. The van der Waals surface area contributed by atoms with Crippen molar-refractivity contribution in [2.75, 3.05) is 6.61 Å². The number of hydrogen-bond donors (Lipinski definition) is 2. The van der Waals surface area contributed by atoms with Crippen LogP contribution in [-0.4, -0.2) is 30.6 Å². The molecule has 6 nitrogen and oxygen atoms in total. The van der Waals surface area contributed by atoms with Gasteiger partial charge in [0.1, 0.15) is 12.1 Å². The van der Waals surface area contributed by atoms with E-state index in [0.717, 1.165) is 12.0 Å². The van der Waals surface area contributed by atoms with E-state index in [4.69, 9.17) is 15.7 Å². The normalized spacial score (nSPS) is 18.7. The van der Waals surface area contributed by atoms with Crippen LogP contribution >= 0.6 is 0 Å². The van der Waals surface area contributed by atoms with Gasteiger partial charge >= 0.3 is 0 Å². The van der Waals surface area contributed by atoms with Gasteiger partial charge in [0.2, 0.25) is 11.8 Å². The summed E-state index contributed by atoms with van der Waals surface area (Å²) < 4.78 is 5.27. The van der Waals surface area contributed by atoms with Gasteiger partial charge in [0.25, 0.3) is 0 Å². The number of nitriles is 1. The van der Waals surface area contributed by atoms with Crippen LogP contribution in [-0.2, 0) is 20.7 Å². The molecular weight excluding hydrogens is 270 g/mol. The van der Waals surface area contributed by atoms with Crippen LogP contribution in [0, 0.1) is 11.3 Å². The minimum Gasteiger partial charge on any atom is -0.368 e. The molecule has 2 rings (SSSR count). The molecule has 1 aromatic rings. The zero-order valence-corrected chi connectivity index (χ0v) is 11.5. The van der Waals surface area contributed by atoms with E-state index in [1.807, 2.05) is 6.07 Å². The van der Waals surface area contributed by atoms with E-state index in [9.17, 15) is 9.59 Å². The van der Waals surface area contributed by atoms with Crippen LogP contribution in [0.1, 0.15) is 24.0 Å². The Hall–Kier alpha value is -2.39. The molecule has 0 unspecified atom stereocenters. The van der Waals surface area contributed by atoms with Gasteiger partial charge in [-0.25, -0.2) is 0 Å². The fourth-order valence-corrected chi connectivity index (χ4v) is 2.28. The van der Waals surface area contributed by atoms with E-state index < -0.39 is 18.1 Å². The summed E-state index contributed by atoms with van der Waals surface area (Å²) in [5, 5.41) is 11.5. The van der Waals surface area contributed by atoms with Crippen LogP contribution in [0.3, 0.4) is 0 Å². The maximum Gasteiger partial charge on any atom is 0.249 e. The molecule has 1 heterocycles. The number of primary amides is 1. The lowest BCUT2D eigenvalue weighted by Crippen LogP contribution is -2.49. The number of nitrogens with two attached hydrogens (primary N) is 1. The first-order chi connectivity index (χ1) is 10.1. The van der Waals surface area contributed by atoms with Crippen molar-refractivity contribution in [2.45, 2.75) is 31.4 Å². The molecule has 1 aliphatic rings. The van der Waals surface area contributed by atoms with Crippen LogP contribution in [0.25, 0.3) is 0 Å². The van der Waals surface area contributed by atoms with Crippen LogP contribution in [0.15, 0.2) is 24.3 Å². The summed E-state index contributed by atoms with van der Waals surface area (Å²) in [6.45, 7) is 0.559. The number of amides is 2. The van der Waals surface area contributed by atoms with Crippen LogP contribution in [0.5, 0.6) is 0 Å². The first-order valence-electron chi connectivity index (χ1n) is 6.80. The standard InChI is InChI=1S/C15H17N3O3/c16-9-11-4-1-3-10(7-11)8-12(14(17)19)18-15(20)13-5-2-6-21-13/h1,3-4,7,12-13H,2,5-6,8H2,(H2,17,19)(H,18,20)/t12-,13-/m1/s1. The Morgan fingerprint density at radius 1 is 1.52 bits per heavy atom. The van der Waals surface area contributed by atoms with Crippen molar-refractivity contribution in [1.29, 1.82) is 5.26 Å². The summed E-state index contributed by atoms with van der Waals surface area (Å²) in [7, 11) is 0. The average Bonchev–Trinajstić information content (AvgIpc) is 3.01. The van der Waals surface area contributed by atoms with E-state index in [1.165, 1.54) is 0 Å². The molecular formula is C15H17N3O3. The van der Waals surface area contributed by atoms with Gasteiger partial charge in [0.15, 0.2) is 0 Å². The Morgan fingerprint density at radius 2 is 2.33 bits per heavy atom. The summed E-state index contributed by atoms with van der Waals surface area (Å²) in [4.78, 5) is 23.5. The Balaban J connectivity index is 2.03. The fourth-order valence-electron chi connectivity index (χ4n) is 2.28. The number of carbonyl (C=O) groups is 2. The van der Waals surface area contributed by atoms with Crippen LogP contribution in [0.2, 0.25) is 0 Å². The number of rotatable bonds is 5. The summed E-state index contributed by atoms with van der Waals surface area (Å²) >= 11 is 0. The van der Waals surface area contributed by atoms with Gasteiger partial charge in [-0.1, -0.05) is 12.1 Å². The summed E-state index contributed by atoms with van der Waals surface area (Å²) in [6, 6.07) is 8.09. The SMILES string of the molecule is N#Cc1cccc(C[C@@H](NC(=O)[C@H]2CCCO2)C(N)=O)c1. The summed E-state index contributed by atoms with van der Waals surface area (Å²) in [6.07, 6.45) is 1.24. The topological polar surface area (TPSA) is 105 Å². The highest BCUT2D eigenvalue weighted by Crippen LogP contribution is 2.13. The number of nitrogens with one attached hydrogen (secondary N) is 1. The molecule has 1 aromatic carbocycles. The zero-order valence-electron chi connectivity index (χ0n) is 11.5. The lowest BCUT2D eigenvalue weighted by Gasteiger charge is -2.18. The second-order valence-corrected chi connectivity index (χ2v) is 4.98. The van der Waals surface area contributed by atoms with Crippen LogP contribution < -0.4 is 11.1 Å². The summed E-state index contributed by atoms with van der Waals surface area (Å²) in [5.41, 5.74) is 6.61. The van der Waals surface area contributed by atoms with Gasteiger partial charge in [-0.2, -0.15) is 5.26 Å². The predicted molar refractivity (Wildman–Crippen MR) is 75.0 cm³/mol. The Labute approximate surface area is 122 Å². The van der Waals surface area contributed by atoms with Gasteiger partial charge in [0, 0.05) is 13.0 Å². The van der Waals surface area contributed by atoms with Gasteiger partial charge in [0.05, 0.1) is 11.6 Å². The molecule has 0 radical (unpaired) electrons. The Morgan fingerprint density at radius 3 is 2.95 bits per heavy atom. The highest BCUT2D eigenvalue weighted by atomic mass is 16.5. The van der Waals surface area contributed by atoms with Crippen molar-refractivity contribution in [2.24, 2.45) is 5.73 Å². The fraction of sp³-hybridized carbons (Fsp3) is 0.400. The van der Waals surface area contributed by atoms with Crippen molar-refractivity contribution in [1.82, 2.24) is 5.32 Å². The monoisotopic (exact) mass is 287 g/mol. The minimum absolute atomic E-state index is 0.253. The molecule has 0 saturated carbocycles. The third kappa shape index (κ3) is 4.04. The number of hydrogen-bond acceptors (Lipinski definition) is 4. The predicted octanol–water partition coefficient (Wildman–Crippen LogP) is 0.250. The molecule has 0 bridgehead atoms. The smallest absolute Gasteiger partial charge is 0.249 e. The average molecular weight is 287 g/mol. The third-order valence-corrected chi connectivity index (χ3v) is 3.38. The van der Waals surface area contributed by atoms with Gasteiger partial charge in [-0.05, 0) is 30.5 Å². The molecule has 2 atom stereocenters. The molecule has 0 aliphatic carbocycles. The molecule has 2 amide bonds. The minimum atomic E-state index is -0.810. The van der Waals surface area contributed by atoms with Crippen molar-refractivity contribution in [3.63, 3.8) is 0 Å². The molecule has 1 saturated heterocycles. The van der Waals surface area contributed by atoms with Crippen molar-refractivity contribution in [3.05, 3.63) is 35.4 Å². The maximum absolute atomic E-state index is 12.0. The van der Waals surface area contributed by atoms with E-state index in [0.29, 0.717) is 18.6 Å². The molecule has 1 fully saturated rings. The highest BCUT2D eigenvalue weighted by Gasteiger charge is 2.27. The van der Waals surface area contributed by atoms with E-state index in [-0.39, 0.29) is 12.3 Å². The first kappa shape index (κ1) is 15.0. The molecule has 21 heavy (non-hydrogen) atoms. The van der Waals surface area contributed by atoms with Crippen molar-refractivity contribution < 1.29 is 14.3 Å². The molecule has 1 aliphatic heterocycles. The second-order valence-electron chi connectivity index (χ2n) is 4.98. The van der Waals surface area contributed by atoms with Gasteiger partial charge in [-0.15, -0.1) is 0 Å². The van der Waals surface area contributed by atoms with Gasteiger partial charge < -0.3 is 15.8 Å². The molecule has 0 spiro atoms. The Bertz CT molecular complexity index is 574. The lowest BCUT2D eigenvalue weighted by atomic mass is 10.0. The van der Waals surface area contributed by atoms with E-state index >= 15 is 0 Å². The number of benzene rings is 1. The van der Waals surface area contributed by atoms with Crippen molar-refractivity contribution in [3.8, 4) is 6.07 Å². The zero-order chi connectivity index (χ0) is 15.2. The third-order valence-electron chi connectivity index (χ3n) is 3.38. The second kappa shape index (κ2) is 6.86. The van der Waals surface area contributed by atoms with Crippen LogP contribution in [0.4, 0.5) is 0 Å². The largest absolute Gasteiger partial charge is 0.368 e. The number of ether oxygens (including phenoxy) is 1. The molecule has 110 valence electrons. The first-order valence-corrected chi connectivity index (χ1v) is 6.80. The van der Waals surface area contributed by atoms with Gasteiger partial charge in [-0.3, -0.25) is 9.59 Å². The van der Waals surface area contributed by atoms with E-state index in [1.54, 1.807) is 24.3 Å². The van der Waals surface area contributed by atoms with Crippen molar-refractivity contribution >= 4 is 11.8 Å². The number of nitrogens with zero attached hydrogens (tertiary/aromatic N) is 1. The molecule has 3 N–H and O–H groups in total. The maximum atomic E-state index is 12.0. The molecule has 6 heteroatoms. The highest BCUT2D eigenvalue weighted by molar-refractivity contribution is 5.88. The number of carbonyl (C=O) groups excluding carboxylic acids is 2. The Kier molecular flexibility index (Phi) is 4.90. The summed E-state index contributed by atoms with van der Waals surface area (Å²) in [5.74, 6) is -0.920. The molecule has 0 aromatic heterocycles. The quantitative estimate of drug-likeness (QED) is 0.809. The van der Waals surface area contributed by atoms with E-state index in [2.05, 4.69) is 5.32 Å².